The third-order valence-electron chi connectivity index (χ3n) is 4.92. The highest BCUT2D eigenvalue weighted by Crippen LogP contribution is 2.31. The number of cyclic esters (lactones) is 1. The zero-order valence-corrected chi connectivity index (χ0v) is 16.3. The summed E-state index contributed by atoms with van der Waals surface area (Å²) < 4.78 is 16.5. The summed E-state index contributed by atoms with van der Waals surface area (Å²) in [7, 11) is 0. The number of amides is 1. The lowest BCUT2D eigenvalue weighted by Gasteiger charge is -2.28. The molecule has 150 valence electrons. The number of carbonyl (C=O) groups is 2. The molecule has 1 amide bonds. The third kappa shape index (κ3) is 6.43. The van der Waals surface area contributed by atoms with E-state index >= 15 is 0 Å². The monoisotopic (exact) mass is 371 g/mol. The first-order valence-electron chi connectivity index (χ1n) is 9.65. The van der Waals surface area contributed by atoms with Gasteiger partial charge in [-0.05, 0) is 40.0 Å². The lowest BCUT2D eigenvalue weighted by molar-refractivity contribution is -0.159. The minimum absolute atomic E-state index is 0.261. The van der Waals surface area contributed by atoms with E-state index in [1.807, 2.05) is 0 Å². The van der Waals surface area contributed by atoms with Crippen LogP contribution in [0.3, 0.4) is 0 Å². The van der Waals surface area contributed by atoms with Gasteiger partial charge in [-0.3, -0.25) is 0 Å². The van der Waals surface area contributed by atoms with E-state index in [1.54, 1.807) is 27.7 Å². The Morgan fingerprint density at radius 3 is 2.54 bits per heavy atom. The van der Waals surface area contributed by atoms with E-state index in [2.05, 4.69) is 5.32 Å². The average molecular weight is 371 g/mol. The molecule has 7 heteroatoms. The van der Waals surface area contributed by atoms with Crippen molar-refractivity contribution >= 4 is 12.1 Å². The molecule has 2 N–H and O–H groups in total. The van der Waals surface area contributed by atoms with E-state index in [9.17, 15) is 14.7 Å². The molecule has 0 bridgehead atoms. The number of aliphatic hydroxyl groups excluding tert-OH is 1. The van der Waals surface area contributed by atoms with Crippen molar-refractivity contribution in [1.82, 2.24) is 5.32 Å². The first-order valence-corrected chi connectivity index (χ1v) is 9.65. The Hall–Kier alpha value is -1.34. The molecule has 26 heavy (non-hydrogen) atoms. The summed E-state index contributed by atoms with van der Waals surface area (Å²) in [5, 5.41) is 13.1. The predicted octanol–water partition coefficient (Wildman–Crippen LogP) is 2.54. The average Bonchev–Trinajstić information content (AvgIpc) is 3.03. The Morgan fingerprint density at radius 1 is 1.27 bits per heavy atom. The minimum atomic E-state index is -0.875. The fraction of sp³-hybridized carbons (Fsp3) is 0.895. The summed E-state index contributed by atoms with van der Waals surface area (Å²) in [6, 6.07) is -0.857. The van der Waals surface area contributed by atoms with Crippen molar-refractivity contribution < 1.29 is 28.9 Å². The molecule has 7 nitrogen and oxygen atoms in total. The molecule has 0 spiro atoms. The number of ether oxygens (including phenoxy) is 3. The maximum absolute atomic E-state index is 12.4. The third-order valence-corrected chi connectivity index (χ3v) is 4.92. The number of rotatable bonds is 3. The van der Waals surface area contributed by atoms with Crippen molar-refractivity contribution in [2.24, 2.45) is 5.92 Å². The molecule has 0 aromatic heterocycles. The number of hydrogen-bond donors (Lipinski definition) is 2. The highest BCUT2D eigenvalue weighted by molar-refractivity contribution is 5.81. The van der Waals surface area contributed by atoms with Gasteiger partial charge in [-0.25, -0.2) is 9.59 Å². The first-order chi connectivity index (χ1) is 12.2. The SMILES string of the molecule is C[C@@H]1OC(=O)[C@@H](NC(=O)OC(C)(C)C)CCO[C@H](CC2CCCC2)[C@H]1O. The number of carbonyl (C=O) groups excluding carboxylic acids is 2. The van der Waals surface area contributed by atoms with Gasteiger partial charge in [0, 0.05) is 13.0 Å². The van der Waals surface area contributed by atoms with Crippen LogP contribution in [0.2, 0.25) is 0 Å². The highest BCUT2D eigenvalue weighted by atomic mass is 16.6. The Labute approximate surface area is 155 Å². The van der Waals surface area contributed by atoms with Gasteiger partial charge >= 0.3 is 12.1 Å². The van der Waals surface area contributed by atoms with Crippen LogP contribution < -0.4 is 5.32 Å². The van der Waals surface area contributed by atoms with Crippen LogP contribution in [0.5, 0.6) is 0 Å². The topological polar surface area (TPSA) is 94.1 Å². The second kappa shape index (κ2) is 9.04. The van der Waals surface area contributed by atoms with Crippen molar-refractivity contribution in [1.29, 1.82) is 0 Å². The molecule has 2 fully saturated rings. The summed E-state index contributed by atoms with van der Waals surface area (Å²) >= 11 is 0. The van der Waals surface area contributed by atoms with Gasteiger partial charge in [0.15, 0.2) is 0 Å². The lowest BCUT2D eigenvalue weighted by Crippen LogP contribution is -2.46. The van der Waals surface area contributed by atoms with Crippen LogP contribution in [0.15, 0.2) is 0 Å². The second-order valence-corrected chi connectivity index (χ2v) is 8.42. The normalized spacial score (nSPS) is 31.5. The van der Waals surface area contributed by atoms with Crippen LogP contribution in [0, 0.1) is 5.92 Å². The van der Waals surface area contributed by atoms with Crippen LogP contribution >= 0.6 is 0 Å². The Morgan fingerprint density at radius 2 is 1.92 bits per heavy atom. The van der Waals surface area contributed by atoms with E-state index in [0.29, 0.717) is 5.92 Å². The Balaban J connectivity index is 1.97. The fourth-order valence-corrected chi connectivity index (χ4v) is 3.55. The lowest BCUT2D eigenvalue weighted by atomic mass is 9.95. The highest BCUT2D eigenvalue weighted by Gasteiger charge is 2.35. The van der Waals surface area contributed by atoms with Gasteiger partial charge in [-0.1, -0.05) is 25.7 Å². The molecular weight excluding hydrogens is 338 g/mol. The second-order valence-electron chi connectivity index (χ2n) is 8.42. The van der Waals surface area contributed by atoms with E-state index in [1.165, 1.54) is 12.8 Å². The van der Waals surface area contributed by atoms with E-state index in [-0.39, 0.29) is 19.1 Å². The molecular formula is C19H33NO6. The van der Waals surface area contributed by atoms with E-state index in [0.717, 1.165) is 19.3 Å². The van der Waals surface area contributed by atoms with Crippen molar-refractivity contribution in [2.75, 3.05) is 6.61 Å². The van der Waals surface area contributed by atoms with Gasteiger partial charge in [-0.15, -0.1) is 0 Å². The standard InChI is InChI=1S/C19H33NO6/c1-12-16(21)15(11-13-7-5-6-8-13)24-10-9-14(17(22)25-12)20-18(23)26-19(2,3)4/h12-16,21H,5-11H2,1-4H3,(H,20,23)/t12-,14-,15+,16-/m0/s1. The molecule has 0 unspecified atom stereocenters. The summed E-state index contributed by atoms with van der Waals surface area (Å²) in [6.45, 7) is 7.18. The Bertz CT molecular complexity index is 483. The number of esters is 1. The van der Waals surface area contributed by atoms with Gasteiger partial charge in [0.25, 0.3) is 0 Å². The molecule has 1 saturated carbocycles. The summed E-state index contributed by atoms with van der Waals surface area (Å²) in [5.41, 5.74) is -0.654. The van der Waals surface area contributed by atoms with Gasteiger partial charge in [0.05, 0.1) is 6.10 Å². The molecule has 1 heterocycles. The van der Waals surface area contributed by atoms with Crippen LogP contribution in [0.25, 0.3) is 0 Å². The maximum atomic E-state index is 12.4. The van der Waals surface area contributed by atoms with Gasteiger partial charge in [0.2, 0.25) is 0 Å². The molecule has 1 saturated heterocycles. The van der Waals surface area contributed by atoms with Crippen LogP contribution in [0.1, 0.15) is 66.2 Å². The van der Waals surface area contributed by atoms with Crippen molar-refractivity contribution in [3.8, 4) is 0 Å². The van der Waals surface area contributed by atoms with Crippen molar-refractivity contribution in [3.63, 3.8) is 0 Å². The molecule has 1 aliphatic carbocycles. The van der Waals surface area contributed by atoms with E-state index < -0.39 is 35.9 Å². The minimum Gasteiger partial charge on any atom is -0.458 e. The zero-order valence-electron chi connectivity index (χ0n) is 16.3. The van der Waals surface area contributed by atoms with E-state index in [4.69, 9.17) is 14.2 Å². The summed E-state index contributed by atoms with van der Waals surface area (Å²) in [5.74, 6) is -0.0264. The summed E-state index contributed by atoms with van der Waals surface area (Å²) in [4.78, 5) is 24.3. The molecule has 1 aliphatic heterocycles. The molecule has 4 atom stereocenters. The number of hydrogen-bond acceptors (Lipinski definition) is 6. The number of aliphatic hydroxyl groups is 1. The van der Waals surface area contributed by atoms with Crippen LogP contribution in [0.4, 0.5) is 4.79 Å². The predicted molar refractivity (Wildman–Crippen MR) is 95.7 cm³/mol. The molecule has 2 aliphatic rings. The molecule has 2 rings (SSSR count). The fourth-order valence-electron chi connectivity index (χ4n) is 3.55. The van der Waals surface area contributed by atoms with Crippen molar-refractivity contribution in [2.45, 2.75) is 96.2 Å². The van der Waals surface area contributed by atoms with Crippen LogP contribution in [-0.4, -0.2) is 53.7 Å². The van der Waals surface area contributed by atoms with Crippen molar-refractivity contribution in [3.05, 3.63) is 0 Å². The quantitative estimate of drug-likeness (QED) is 0.741. The first kappa shape index (κ1) is 21.0. The Kier molecular flexibility index (Phi) is 7.29. The smallest absolute Gasteiger partial charge is 0.408 e. The molecule has 0 radical (unpaired) electrons. The maximum Gasteiger partial charge on any atom is 0.408 e. The largest absolute Gasteiger partial charge is 0.458 e. The van der Waals surface area contributed by atoms with Gasteiger partial charge in [0.1, 0.15) is 23.9 Å². The molecule has 0 aromatic carbocycles. The molecule has 0 aromatic rings. The van der Waals surface area contributed by atoms with Crippen LogP contribution in [-0.2, 0) is 19.0 Å². The van der Waals surface area contributed by atoms with Gasteiger partial charge < -0.3 is 24.6 Å². The number of alkyl carbamates (subject to hydrolysis) is 1. The summed E-state index contributed by atoms with van der Waals surface area (Å²) in [6.07, 6.45) is 3.20. The number of nitrogens with one attached hydrogen (secondary N) is 1. The zero-order chi connectivity index (χ0) is 19.3. The van der Waals surface area contributed by atoms with Gasteiger partial charge in [-0.2, -0.15) is 0 Å².